The van der Waals surface area contributed by atoms with E-state index in [0.29, 0.717) is 17.9 Å². The van der Waals surface area contributed by atoms with Crippen LogP contribution in [0.4, 0.5) is 10.1 Å². The average Bonchev–Trinajstić information content (AvgIpc) is 3.15. The third-order valence-electron chi connectivity index (χ3n) is 4.95. The zero-order valence-electron chi connectivity index (χ0n) is 15.7. The third kappa shape index (κ3) is 2.89. The van der Waals surface area contributed by atoms with Crippen molar-refractivity contribution in [2.75, 3.05) is 26.0 Å². The molecule has 1 atom stereocenters. The summed E-state index contributed by atoms with van der Waals surface area (Å²) in [7, 11) is 5.38. The Balaban J connectivity index is 1.80. The molecule has 6 nitrogen and oxygen atoms in total. The van der Waals surface area contributed by atoms with Gasteiger partial charge in [-0.2, -0.15) is 0 Å². The molecule has 1 N–H and O–H groups in total. The van der Waals surface area contributed by atoms with Crippen LogP contribution in [-0.4, -0.2) is 41.1 Å². The maximum Gasteiger partial charge on any atom is 0.253 e. The molecule has 1 aromatic heterocycles. The number of amides is 1. The number of carbonyl (C=O) groups is 1. The highest BCUT2D eigenvalue weighted by molar-refractivity contribution is 6.01. The van der Waals surface area contributed by atoms with Gasteiger partial charge in [-0.15, -0.1) is 0 Å². The van der Waals surface area contributed by atoms with Crippen LogP contribution in [0.3, 0.4) is 0 Å². The van der Waals surface area contributed by atoms with Gasteiger partial charge < -0.3 is 19.5 Å². The van der Waals surface area contributed by atoms with Crippen LogP contribution in [0.25, 0.3) is 11.0 Å². The molecule has 0 saturated heterocycles. The van der Waals surface area contributed by atoms with Crippen LogP contribution in [0.5, 0.6) is 5.75 Å². The smallest absolute Gasteiger partial charge is 0.253 e. The van der Waals surface area contributed by atoms with Crippen LogP contribution in [0.2, 0.25) is 0 Å². The van der Waals surface area contributed by atoms with Gasteiger partial charge >= 0.3 is 0 Å². The number of imidazole rings is 1. The summed E-state index contributed by atoms with van der Waals surface area (Å²) >= 11 is 0. The Morgan fingerprint density at radius 3 is 2.85 bits per heavy atom. The van der Waals surface area contributed by atoms with E-state index < -0.39 is 0 Å². The van der Waals surface area contributed by atoms with E-state index >= 15 is 0 Å². The highest BCUT2D eigenvalue weighted by Gasteiger charge is 2.26. The van der Waals surface area contributed by atoms with Crippen molar-refractivity contribution in [2.45, 2.75) is 13.0 Å². The van der Waals surface area contributed by atoms with Gasteiger partial charge in [0.1, 0.15) is 29.5 Å². The van der Waals surface area contributed by atoms with E-state index in [2.05, 4.69) is 10.3 Å². The van der Waals surface area contributed by atoms with Crippen LogP contribution in [0, 0.1) is 12.7 Å². The lowest BCUT2D eigenvalue weighted by molar-refractivity contribution is 0.0828. The van der Waals surface area contributed by atoms with Crippen molar-refractivity contribution < 1.29 is 13.9 Å². The number of rotatable bonds is 3. The molecule has 1 aliphatic heterocycles. The highest BCUT2D eigenvalue weighted by atomic mass is 19.1. The van der Waals surface area contributed by atoms with Gasteiger partial charge in [0.25, 0.3) is 5.91 Å². The molecule has 140 valence electrons. The molecule has 0 fully saturated rings. The predicted octanol–water partition coefficient (Wildman–Crippen LogP) is 3.27. The van der Waals surface area contributed by atoms with E-state index in [-0.39, 0.29) is 17.8 Å². The zero-order chi connectivity index (χ0) is 19.3. The largest absolute Gasteiger partial charge is 0.491 e. The second-order valence-corrected chi connectivity index (χ2v) is 7.00. The summed E-state index contributed by atoms with van der Waals surface area (Å²) in [5.41, 5.74) is 3.90. The minimum atomic E-state index is -0.323. The Morgan fingerprint density at radius 1 is 1.33 bits per heavy atom. The first-order valence-corrected chi connectivity index (χ1v) is 8.72. The fourth-order valence-corrected chi connectivity index (χ4v) is 3.39. The lowest BCUT2D eigenvalue weighted by Gasteiger charge is -2.16. The molecule has 1 amide bonds. The summed E-state index contributed by atoms with van der Waals surface area (Å²) in [6, 6.07) is 8.08. The second-order valence-electron chi connectivity index (χ2n) is 7.00. The average molecular weight is 368 g/mol. The number of aromatic nitrogens is 2. The van der Waals surface area contributed by atoms with Gasteiger partial charge in [0, 0.05) is 38.3 Å². The fraction of sp³-hybridized carbons (Fsp3) is 0.300. The molecule has 3 aromatic rings. The molecular formula is C20H21FN4O2. The number of hydrogen-bond donors (Lipinski definition) is 1. The number of halogens is 1. The predicted molar refractivity (Wildman–Crippen MR) is 102 cm³/mol. The molecule has 1 aliphatic rings. The molecule has 2 aromatic carbocycles. The lowest BCUT2D eigenvalue weighted by Crippen LogP contribution is -2.22. The van der Waals surface area contributed by atoms with Crippen molar-refractivity contribution in [3.8, 4) is 5.75 Å². The second kappa shape index (κ2) is 6.26. The Bertz CT molecular complexity index is 1060. The van der Waals surface area contributed by atoms with Crippen LogP contribution in [0.1, 0.15) is 27.8 Å². The fourth-order valence-electron chi connectivity index (χ4n) is 3.39. The maximum absolute atomic E-state index is 13.4. The molecule has 1 unspecified atom stereocenters. The van der Waals surface area contributed by atoms with Crippen LogP contribution in [0.15, 0.2) is 30.3 Å². The van der Waals surface area contributed by atoms with Crippen molar-refractivity contribution in [3.63, 3.8) is 0 Å². The van der Waals surface area contributed by atoms with Crippen LogP contribution < -0.4 is 10.1 Å². The summed E-state index contributed by atoms with van der Waals surface area (Å²) in [6.07, 6.45) is 0. The maximum atomic E-state index is 13.4. The zero-order valence-corrected chi connectivity index (χ0v) is 15.7. The van der Waals surface area contributed by atoms with Gasteiger partial charge in [-0.05, 0) is 25.1 Å². The highest BCUT2D eigenvalue weighted by Crippen LogP contribution is 2.37. The van der Waals surface area contributed by atoms with Gasteiger partial charge in [-0.3, -0.25) is 4.79 Å². The van der Waals surface area contributed by atoms with E-state index in [1.54, 1.807) is 25.1 Å². The summed E-state index contributed by atoms with van der Waals surface area (Å²) in [4.78, 5) is 18.7. The van der Waals surface area contributed by atoms with E-state index in [0.717, 1.165) is 28.1 Å². The number of hydrogen-bond acceptors (Lipinski definition) is 4. The molecule has 2 heterocycles. The first-order chi connectivity index (χ1) is 12.8. The lowest BCUT2D eigenvalue weighted by atomic mass is 10.1. The first kappa shape index (κ1) is 17.3. The van der Waals surface area contributed by atoms with Gasteiger partial charge in [0.15, 0.2) is 0 Å². The Hall–Kier alpha value is -3.09. The molecule has 7 heteroatoms. The normalized spacial score (nSPS) is 15.5. The number of aryl methyl sites for hydroxylation is 2. The van der Waals surface area contributed by atoms with Crippen molar-refractivity contribution >= 4 is 22.6 Å². The Kier molecular flexibility index (Phi) is 4.02. The number of benzene rings is 2. The molecule has 27 heavy (non-hydrogen) atoms. The minimum Gasteiger partial charge on any atom is -0.491 e. The minimum absolute atomic E-state index is 0.0797. The van der Waals surface area contributed by atoms with E-state index in [4.69, 9.17) is 4.74 Å². The first-order valence-electron chi connectivity index (χ1n) is 8.72. The molecule has 0 radical (unpaired) electrons. The van der Waals surface area contributed by atoms with Crippen molar-refractivity contribution in [2.24, 2.45) is 7.05 Å². The Morgan fingerprint density at radius 2 is 2.11 bits per heavy atom. The van der Waals surface area contributed by atoms with E-state index in [1.807, 2.05) is 30.7 Å². The van der Waals surface area contributed by atoms with Crippen molar-refractivity contribution in [1.29, 1.82) is 0 Å². The monoisotopic (exact) mass is 368 g/mol. The SMILES string of the molecule is Cc1nc2c(NC3COc4cc(F)ccc43)cc(C(=O)N(C)C)cc2n1C. The van der Waals surface area contributed by atoms with E-state index in [9.17, 15) is 9.18 Å². The quantitative estimate of drug-likeness (QED) is 0.771. The third-order valence-corrected chi connectivity index (χ3v) is 4.95. The number of carbonyl (C=O) groups excluding carboxylic acids is 1. The summed E-state index contributed by atoms with van der Waals surface area (Å²) in [5, 5.41) is 3.44. The van der Waals surface area contributed by atoms with Gasteiger partial charge in [-0.25, -0.2) is 9.37 Å². The molecule has 0 aliphatic carbocycles. The number of fused-ring (bicyclic) bond motifs is 2. The molecule has 0 spiro atoms. The number of nitrogens with zero attached hydrogens (tertiary/aromatic N) is 3. The summed E-state index contributed by atoms with van der Waals surface area (Å²) in [5.74, 6) is 0.994. The summed E-state index contributed by atoms with van der Waals surface area (Å²) in [6.45, 7) is 2.31. The van der Waals surface area contributed by atoms with Gasteiger partial charge in [0.2, 0.25) is 0 Å². The van der Waals surface area contributed by atoms with E-state index in [1.165, 1.54) is 12.1 Å². The topological polar surface area (TPSA) is 59.4 Å². The van der Waals surface area contributed by atoms with Gasteiger partial charge in [0.05, 0.1) is 17.2 Å². The number of nitrogens with one attached hydrogen (secondary N) is 1. The molecule has 0 saturated carbocycles. The number of ether oxygens (including phenoxy) is 1. The van der Waals surface area contributed by atoms with Crippen LogP contribution >= 0.6 is 0 Å². The summed E-state index contributed by atoms with van der Waals surface area (Å²) < 4.78 is 21.0. The number of anilines is 1. The standard InChI is InChI=1S/C20H21FN4O2/c1-11-22-19-15(7-12(20(26)24(2)3)8-17(19)25(11)4)23-16-10-27-18-9-13(21)5-6-14(16)18/h5-9,16,23H,10H2,1-4H3. The van der Waals surface area contributed by atoms with Crippen molar-refractivity contribution in [1.82, 2.24) is 14.5 Å². The molecule has 0 bridgehead atoms. The van der Waals surface area contributed by atoms with Crippen molar-refractivity contribution in [3.05, 3.63) is 53.1 Å². The van der Waals surface area contributed by atoms with Crippen LogP contribution in [-0.2, 0) is 7.05 Å². The Labute approximate surface area is 156 Å². The molecule has 4 rings (SSSR count). The van der Waals surface area contributed by atoms with Gasteiger partial charge in [-0.1, -0.05) is 6.07 Å². The molecular weight excluding hydrogens is 347 g/mol.